The van der Waals surface area contributed by atoms with Crippen LogP contribution in [0.4, 0.5) is 0 Å². The standard InChI is InChI=1S/C21H16N4O5/c26-18-15(10-22-20(28)24-18)17(16-11-23-21(29)25-19(16)27)12-6-8-14(9-7-12)30-13-4-2-1-3-5-13/h1-11,17H,(H2,22,24,26,28)(H2,23,25,27,29). The minimum atomic E-state index is -0.836. The molecule has 0 saturated carbocycles. The molecule has 150 valence electrons. The third-order valence-electron chi connectivity index (χ3n) is 4.51. The molecule has 0 atom stereocenters. The molecule has 0 aliphatic carbocycles. The number of ether oxygens (including phenoxy) is 1. The highest BCUT2D eigenvalue weighted by molar-refractivity contribution is 5.42. The summed E-state index contributed by atoms with van der Waals surface area (Å²) in [6.45, 7) is 0. The van der Waals surface area contributed by atoms with Gasteiger partial charge in [0, 0.05) is 29.4 Å². The maximum Gasteiger partial charge on any atom is 0.325 e. The van der Waals surface area contributed by atoms with Crippen molar-refractivity contribution in [1.29, 1.82) is 0 Å². The molecule has 2 heterocycles. The van der Waals surface area contributed by atoms with Crippen LogP contribution >= 0.6 is 0 Å². The molecule has 0 aliphatic rings. The fraction of sp³-hybridized carbons (Fsp3) is 0.0476. The monoisotopic (exact) mass is 404 g/mol. The topological polar surface area (TPSA) is 141 Å². The SMILES string of the molecule is O=c1[nH]cc(C(c2ccc(Oc3ccccc3)cc2)c2c[nH]c(=O)[nH]c2=O)c(=O)[nH]1. The van der Waals surface area contributed by atoms with Crippen LogP contribution in [0, 0.1) is 0 Å². The van der Waals surface area contributed by atoms with Gasteiger partial charge in [0.1, 0.15) is 11.5 Å². The zero-order valence-corrected chi connectivity index (χ0v) is 15.5. The van der Waals surface area contributed by atoms with Gasteiger partial charge in [-0.3, -0.25) is 19.6 Å². The van der Waals surface area contributed by atoms with Gasteiger partial charge in [-0.05, 0) is 29.8 Å². The maximum absolute atomic E-state index is 12.4. The van der Waals surface area contributed by atoms with E-state index in [0.717, 1.165) is 0 Å². The van der Waals surface area contributed by atoms with Crippen molar-refractivity contribution in [3.63, 3.8) is 0 Å². The van der Waals surface area contributed by atoms with E-state index >= 15 is 0 Å². The van der Waals surface area contributed by atoms with Gasteiger partial charge < -0.3 is 14.7 Å². The second kappa shape index (κ2) is 7.92. The highest BCUT2D eigenvalue weighted by Crippen LogP contribution is 2.29. The summed E-state index contributed by atoms with van der Waals surface area (Å²) in [5.41, 5.74) is -1.73. The first-order chi connectivity index (χ1) is 14.5. The first-order valence-corrected chi connectivity index (χ1v) is 8.98. The van der Waals surface area contributed by atoms with Crippen LogP contribution in [0.2, 0.25) is 0 Å². The number of benzene rings is 2. The molecule has 0 unspecified atom stereocenters. The van der Waals surface area contributed by atoms with Gasteiger partial charge in [0.2, 0.25) is 0 Å². The molecule has 0 amide bonds. The van der Waals surface area contributed by atoms with Crippen LogP contribution in [0.25, 0.3) is 0 Å². The number of rotatable bonds is 5. The second-order valence-corrected chi connectivity index (χ2v) is 6.47. The van der Waals surface area contributed by atoms with E-state index in [2.05, 4.69) is 19.9 Å². The van der Waals surface area contributed by atoms with Crippen LogP contribution in [0.3, 0.4) is 0 Å². The fourth-order valence-corrected chi connectivity index (χ4v) is 3.15. The molecule has 0 fully saturated rings. The van der Waals surface area contributed by atoms with Gasteiger partial charge in [-0.15, -0.1) is 0 Å². The lowest BCUT2D eigenvalue weighted by Crippen LogP contribution is -2.31. The summed E-state index contributed by atoms with van der Waals surface area (Å²) in [5, 5.41) is 0. The van der Waals surface area contributed by atoms with E-state index in [4.69, 9.17) is 4.74 Å². The molecule has 4 N–H and O–H groups in total. The van der Waals surface area contributed by atoms with Crippen LogP contribution in [0.5, 0.6) is 11.5 Å². The van der Waals surface area contributed by atoms with Gasteiger partial charge in [0.05, 0.1) is 0 Å². The van der Waals surface area contributed by atoms with Crippen LogP contribution in [0.1, 0.15) is 22.6 Å². The third-order valence-corrected chi connectivity index (χ3v) is 4.51. The summed E-state index contributed by atoms with van der Waals surface area (Å²) < 4.78 is 5.77. The van der Waals surface area contributed by atoms with Crippen molar-refractivity contribution in [3.05, 3.63) is 125 Å². The Hall–Kier alpha value is -4.40. The summed E-state index contributed by atoms with van der Waals surface area (Å²) in [6.07, 6.45) is 2.51. The van der Waals surface area contributed by atoms with Crippen LogP contribution in [0.15, 0.2) is 86.2 Å². The highest BCUT2D eigenvalue weighted by Gasteiger charge is 2.23. The van der Waals surface area contributed by atoms with E-state index in [1.807, 2.05) is 30.3 Å². The fourth-order valence-electron chi connectivity index (χ4n) is 3.15. The number of H-pyrrole nitrogens is 4. The molecule has 4 aromatic rings. The maximum atomic E-state index is 12.4. The lowest BCUT2D eigenvalue weighted by atomic mass is 9.88. The van der Waals surface area contributed by atoms with Gasteiger partial charge in [-0.2, -0.15) is 0 Å². The number of nitrogens with one attached hydrogen (secondary N) is 4. The quantitative estimate of drug-likeness (QED) is 0.398. The molecule has 0 saturated heterocycles. The van der Waals surface area contributed by atoms with Crippen molar-refractivity contribution in [1.82, 2.24) is 19.9 Å². The van der Waals surface area contributed by atoms with E-state index in [0.29, 0.717) is 17.1 Å². The average molecular weight is 404 g/mol. The third kappa shape index (κ3) is 3.90. The van der Waals surface area contributed by atoms with Crippen molar-refractivity contribution in [3.8, 4) is 11.5 Å². The molecule has 9 nitrogen and oxygen atoms in total. The lowest BCUT2D eigenvalue weighted by molar-refractivity contribution is 0.482. The number of aromatic nitrogens is 4. The molecule has 0 radical (unpaired) electrons. The summed E-state index contributed by atoms with van der Waals surface area (Å²) in [6, 6.07) is 16.0. The Labute approximate surface area is 168 Å². The Morgan fingerprint density at radius 2 is 1.13 bits per heavy atom. The predicted molar refractivity (Wildman–Crippen MR) is 109 cm³/mol. The van der Waals surface area contributed by atoms with Crippen molar-refractivity contribution < 1.29 is 4.74 Å². The van der Waals surface area contributed by atoms with Gasteiger partial charge in [0.15, 0.2) is 0 Å². The molecular weight excluding hydrogens is 388 g/mol. The Morgan fingerprint density at radius 1 is 0.633 bits per heavy atom. The van der Waals surface area contributed by atoms with Crippen LogP contribution in [-0.4, -0.2) is 19.9 Å². The van der Waals surface area contributed by atoms with Gasteiger partial charge in [-0.1, -0.05) is 30.3 Å². The van der Waals surface area contributed by atoms with Crippen molar-refractivity contribution in [2.45, 2.75) is 5.92 Å². The predicted octanol–water partition coefficient (Wildman–Crippen LogP) is 1.41. The Bertz CT molecular complexity index is 1330. The van der Waals surface area contributed by atoms with Crippen LogP contribution in [-0.2, 0) is 0 Å². The van der Waals surface area contributed by atoms with E-state index in [1.54, 1.807) is 24.3 Å². The number of aromatic amines is 4. The molecule has 0 spiro atoms. The second-order valence-electron chi connectivity index (χ2n) is 6.47. The highest BCUT2D eigenvalue weighted by atomic mass is 16.5. The van der Waals surface area contributed by atoms with E-state index in [9.17, 15) is 19.2 Å². The largest absolute Gasteiger partial charge is 0.457 e. The van der Waals surface area contributed by atoms with Crippen LogP contribution < -0.4 is 27.2 Å². The Morgan fingerprint density at radius 3 is 1.63 bits per heavy atom. The minimum Gasteiger partial charge on any atom is -0.457 e. The summed E-state index contributed by atoms with van der Waals surface area (Å²) in [4.78, 5) is 56.9. The number of hydrogen-bond acceptors (Lipinski definition) is 5. The molecule has 9 heteroatoms. The average Bonchev–Trinajstić information content (AvgIpc) is 2.73. The normalized spacial score (nSPS) is 10.8. The molecule has 2 aromatic carbocycles. The minimum absolute atomic E-state index is 0.142. The molecule has 30 heavy (non-hydrogen) atoms. The molecular formula is C21H16N4O5. The number of para-hydroxylation sites is 1. The van der Waals surface area contributed by atoms with Gasteiger partial charge in [-0.25, -0.2) is 9.59 Å². The lowest BCUT2D eigenvalue weighted by Gasteiger charge is -2.17. The van der Waals surface area contributed by atoms with E-state index in [1.165, 1.54) is 12.4 Å². The van der Waals surface area contributed by atoms with Crippen molar-refractivity contribution in [2.75, 3.05) is 0 Å². The first kappa shape index (κ1) is 18.9. The summed E-state index contributed by atoms with van der Waals surface area (Å²) in [7, 11) is 0. The van der Waals surface area contributed by atoms with Gasteiger partial charge >= 0.3 is 11.4 Å². The number of hydrogen-bond donors (Lipinski definition) is 4. The molecule has 0 aliphatic heterocycles. The van der Waals surface area contributed by atoms with Crippen molar-refractivity contribution in [2.24, 2.45) is 0 Å². The zero-order valence-electron chi connectivity index (χ0n) is 15.5. The summed E-state index contributed by atoms with van der Waals surface area (Å²) in [5.74, 6) is 0.391. The zero-order chi connectivity index (χ0) is 21.1. The summed E-state index contributed by atoms with van der Waals surface area (Å²) >= 11 is 0. The molecule has 0 bridgehead atoms. The Kier molecular flexibility index (Phi) is 5.00. The van der Waals surface area contributed by atoms with E-state index < -0.39 is 28.4 Å². The smallest absolute Gasteiger partial charge is 0.325 e. The van der Waals surface area contributed by atoms with Gasteiger partial charge in [0.25, 0.3) is 11.1 Å². The van der Waals surface area contributed by atoms with Crippen molar-refractivity contribution >= 4 is 0 Å². The first-order valence-electron chi connectivity index (χ1n) is 8.98. The Balaban J connectivity index is 1.79. The molecule has 2 aromatic heterocycles. The molecule has 4 rings (SSSR count). The van der Waals surface area contributed by atoms with E-state index in [-0.39, 0.29) is 11.1 Å².